The van der Waals surface area contributed by atoms with Gasteiger partial charge in [0.1, 0.15) is 4.90 Å². The van der Waals surface area contributed by atoms with E-state index in [1.165, 1.54) is 16.4 Å². The van der Waals surface area contributed by atoms with Gasteiger partial charge in [-0.1, -0.05) is 18.5 Å². The fraction of sp³-hybridized carbons (Fsp3) is 0.500. The fourth-order valence-corrected chi connectivity index (χ4v) is 4.83. The lowest BCUT2D eigenvalue weighted by Gasteiger charge is -2.35. The summed E-state index contributed by atoms with van der Waals surface area (Å²) in [6, 6.07) is 3.63. The van der Waals surface area contributed by atoms with Crippen LogP contribution in [0.3, 0.4) is 0 Å². The first-order valence-electron chi connectivity index (χ1n) is 6.78. The lowest BCUT2D eigenvalue weighted by molar-refractivity contribution is 0.0696. The standard InChI is InChI=1S/C14H18ClNO4S/c1-9-3-4-10(2)16(8-9)21(19,20)13-7-11(14(17)18)5-6-12(13)15/h5-7,9-10H,3-4,8H2,1-2H3,(H,17,18). The van der Waals surface area contributed by atoms with Crippen molar-refractivity contribution in [1.29, 1.82) is 0 Å². The monoisotopic (exact) mass is 331 g/mol. The largest absolute Gasteiger partial charge is 0.478 e. The van der Waals surface area contributed by atoms with E-state index in [4.69, 9.17) is 16.7 Å². The lowest BCUT2D eigenvalue weighted by atomic mass is 9.97. The van der Waals surface area contributed by atoms with Crippen molar-refractivity contribution in [1.82, 2.24) is 4.31 Å². The Labute approximate surface area is 129 Å². The van der Waals surface area contributed by atoms with Crippen molar-refractivity contribution in [3.05, 3.63) is 28.8 Å². The maximum atomic E-state index is 12.8. The van der Waals surface area contributed by atoms with Crippen LogP contribution in [0, 0.1) is 5.92 Å². The number of aromatic carboxylic acids is 1. The zero-order valence-electron chi connectivity index (χ0n) is 11.9. The van der Waals surface area contributed by atoms with E-state index in [1.54, 1.807) is 0 Å². The van der Waals surface area contributed by atoms with Crippen molar-refractivity contribution in [2.45, 2.75) is 37.6 Å². The highest BCUT2D eigenvalue weighted by atomic mass is 35.5. The molecule has 1 aliphatic heterocycles. The summed E-state index contributed by atoms with van der Waals surface area (Å²) in [4.78, 5) is 10.9. The molecule has 2 atom stereocenters. The van der Waals surface area contributed by atoms with Gasteiger partial charge in [-0.25, -0.2) is 13.2 Å². The summed E-state index contributed by atoms with van der Waals surface area (Å²) >= 11 is 5.99. The second-order valence-electron chi connectivity index (χ2n) is 5.56. The first-order valence-corrected chi connectivity index (χ1v) is 8.60. The van der Waals surface area contributed by atoms with E-state index in [9.17, 15) is 13.2 Å². The number of carbonyl (C=O) groups is 1. The number of hydrogen-bond acceptors (Lipinski definition) is 3. The van der Waals surface area contributed by atoms with E-state index in [0.29, 0.717) is 6.54 Å². The highest BCUT2D eigenvalue weighted by molar-refractivity contribution is 7.89. The van der Waals surface area contributed by atoms with Gasteiger partial charge in [0, 0.05) is 12.6 Å². The summed E-state index contributed by atoms with van der Waals surface area (Å²) in [5.74, 6) is -0.902. The van der Waals surface area contributed by atoms with Gasteiger partial charge in [0.15, 0.2) is 0 Å². The molecule has 0 aliphatic carbocycles. The van der Waals surface area contributed by atoms with Crippen LogP contribution in [0.1, 0.15) is 37.0 Å². The van der Waals surface area contributed by atoms with Gasteiger partial charge < -0.3 is 5.11 Å². The van der Waals surface area contributed by atoms with Gasteiger partial charge in [-0.15, -0.1) is 0 Å². The Bertz CT molecular complexity index is 659. The molecule has 0 aromatic heterocycles. The molecule has 1 N–H and O–H groups in total. The summed E-state index contributed by atoms with van der Waals surface area (Å²) in [5.41, 5.74) is -0.0873. The molecule has 0 saturated carbocycles. The van der Waals surface area contributed by atoms with Crippen molar-refractivity contribution in [2.24, 2.45) is 5.92 Å². The second-order valence-corrected chi connectivity index (χ2v) is 7.82. The molecule has 2 rings (SSSR count). The molecule has 1 aromatic carbocycles. The molecule has 116 valence electrons. The smallest absolute Gasteiger partial charge is 0.335 e. The Morgan fingerprint density at radius 2 is 2.00 bits per heavy atom. The average molecular weight is 332 g/mol. The molecule has 1 heterocycles. The quantitative estimate of drug-likeness (QED) is 0.924. The van der Waals surface area contributed by atoms with Gasteiger partial charge >= 0.3 is 5.97 Å². The molecule has 7 heteroatoms. The molecular formula is C14H18ClNO4S. The second kappa shape index (κ2) is 5.94. The topological polar surface area (TPSA) is 74.7 Å². The van der Waals surface area contributed by atoms with Crippen LogP contribution in [0.15, 0.2) is 23.1 Å². The summed E-state index contributed by atoms with van der Waals surface area (Å²) in [7, 11) is -3.79. The van der Waals surface area contributed by atoms with E-state index in [2.05, 4.69) is 0 Å². The number of halogens is 1. The molecular weight excluding hydrogens is 314 g/mol. The van der Waals surface area contributed by atoms with Crippen molar-refractivity contribution in [3.8, 4) is 0 Å². The summed E-state index contributed by atoms with van der Waals surface area (Å²) in [6.07, 6.45) is 1.77. The Kier molecular flexibility index (Phi) is 4.60. The minimum absolute atomic E-state index is 0.0467. The number of rotatable bonds is 3. The first-order chi connectivity index (χ1) is 9.73. The van der Waals surface area contributed by atoms with Gasteiger partial charge in [-0.05, 0) is 43.9 Å². The number of carboxylic acids is 1. The van der Waals surface area contributed by atoms with Crippen LogP contribution in [0.2, 0.25) is 5.02 Å². The van der Waals surface area contributed by atoms with Crippen molar-refractivity contribution < 1.29 is 18.3 Å². The van der Waals surface area contributed by atoms with E-state index in [0.717, 1.165) is 18.9 Å². The van der Waals surface area contributed by atoms with Crippen LogP contribution >= 0.6 is 11.6 Å². The van der Waals surface area contributed by atoms with E-state index in [-0.39, 0.29) is 27.4 Å². The molecule has 2 unspecified atom stereocenters. The SMILES string of the molecule is CC1CCC(C)N(S(=O)(=O)c2cc(C(=O)O)ccc2Cl)C1. The Morgan fingerprint density at radius 1 is 1.33 bits per heavy atom. The summed E-state index contributed by atoms with van der Waals surface area (Å²) in [5, 5.41) is 9.07. The minimum atomic E-state index is -3.79. The van der Waals surface area contributed by atoms with Gasteiger partial charge in [0.2, 0.25) is 10.0 Å². The maximum absolute atomic E-state index is 12.8. The Morgan fingerprint density at radius 3 is 2.62 bits per heavy atom. The number of sulfonamides is 1. The van der Waals surface area contributed by atoms with Crippen LogP contribution in [0.25, 0.3) is 0 Å². The predicted octanol–water partition coefficient (Wildman–Crippen LogP) is 2.85. The number of piperidine rings is 1. The predicted molar refractivity (Wildman–Crippen MR) is 80.2 cm³/mol. The fourth-order valence-electron chi connectivity index (χ4n) is 2.54. The van der Waals surface area contributed by atoms with Crippen LogP contribution in [0.4, 0.5) is 0 Å². The zero-order chi connectivity index (χ0) is 15.8. The van der Waals surface area contributed by atoms with Gasteiger partial charge in [0.25, 0.3) is 0 Å². The lowest BCUT2D eigenvalue weighted by Crippen LogP contribution is -2.44. The van der Waals surface area contributed by atoms with Crippen molar-refractivity contribution in [3.63, 3.8) is 0 Å². The molecule has 0 amide bonds. The third-order valence-corrected chi connectivity index (χ3v) is 6.29. The molecule has 1 fully saturated rings. The normalized spacial score (nSPS) is 24.0. The highest BCUT2D eigenvalue weighted by Crippen LogP contribution is 2.31. The molecule has 0 bridgehead atoms. The third kappa shape index (κ3) is 3.22. The Hall–Kier alpha value is -1.11. The molecule has 5 nitrogen and oxygen atoms in total. The first kappa shape index (κ1) is 16.3. The van der Waals surface area contributed by atoms with Crippen LogP contribution in [-0.4, -0.2) is 36.4 Å². The van der Waals surface area contributed by atoms with E-state index >= 15 is 0 Å². The molecule has 0 spiro atoms. The van der Waals surface area contributed by atoms with Crippen LogP contribution in [-0.2, 0) is 10.0 Å². The third-order valence-electron chi connectivity index (χ3n) is 3.83. The molecule has 1 aromatic rings. The zero-order valence-corrected chi connectivity index (χ0v) is 13.5. The van der Waals surface area contributed by atoms with E-state index in [1.807, 2.05) is 13.8 Å². The molecule has 21 heavy (non-hydrogen) atoms. The summed E-state index contributed by atoms with van der Waals surface area (Å²) in [6.45, 7) is 4.29. The van der Waals surface area contributed by atoms with Gasteiger partial charge in [-0.3, -0.25) is 0 Å². The average Bonchev–Trinajstić information content (AvgIpc) is 2.41. The summed E-state index contributed by atoms with van der Waals surface area (Å²) < 4.78 is 27.0. The van der Waals surface area contributed by atoms with Crippen LogP contribution in [0.5, 0.6) is 0 Å². The van der Waals surface area contributed by atoms with Crippen molar-refractivity contribution >= 4 is 27.6 Å². The molecule has 0 radical (unpaired) electrons. The van der Waals surface area contributed by atoms with Crippen LogP contribution < -0.4 is 0 Å². The molecule has 1 saturated heterocycles. The number of benzene rings is 1. The highest BCUT2D eigenvalue weighted by Gasteiger charge is 2.35. The number of hydrogen-bond donors (Lipinski definition) is 1. The minimum Gasteiger partial charge on any atom is -0.478 e. The van der Waals surface area contributed by atoms with Gasteiger partial charge in [0.05, 0.1) is 10.6 Å². The number of carboxylic acid groups (broad SMARTS) is 1. The Balaban J connectivity index is 2.48. The van der Waals surface area contributed by atoms with Gasteiger partial charge in [-0.2, -0.15) is 4.31 Å². The number of nitrogens with zero attached hydrogens (tertiary/aromatic N) is 1. The maximum Gasteiger partial charge on any atom is 0.335 e. The van der Waals surface area contributed by atoms with E-state index < -0.39 is 16.0 Å². The van der Waals surface area contributed by atoms with Crippen molar-refractivity contribution in [2.75, 3.05) is 6.54 Å². The molecule has 1 aliphatic rings.